The summed E-state index contributed by atoms with van der Waals surface area (Å²) < 4.78 is 38.7. The second kappa shape index (κ2) is 4.45. The Morgan fingerprint density at radius 2 is 1.94 bits per heavy atom. The zero-order valence-electron chi connectivity index (χ0n) is 9.62. The van der Waals surface area contributed by atoms with Gasteiger partial charge < -0.3 is 5.73 Å². The van der Waals surface area contributed by atoms with Gasteiger partial charge in [0.05, 0.1) is 17.5 Å². The SMILES string of the molecule is CC(N)c1cn[nH]c1-c1ccccc1C(F)(F)F. The van der Waals surface area contributed by atoms with Crippen molar-refractivity contribution in [1.82, 2.24) is 10.2 Å². The molecule has 0 aliphatic heterocycles. The van der Waals surface area contributed by atoms with Crippen LogP contribution in [0.15, 0.2) is 30.5 Å². The lowest BCUT2D eigenvalue weighted by atomic mass is 9.99. The van der Waals surface area contributed by atoms with Crippen LogP contribution in [0.25, 0.3) is 11.3 Å². The van der Waals surface area contributed by atoms with Crippen molar-refractivity contribution < 1.29 is 13.2 Å². The first-order chi connectivity index (χ1) is 8.41. The van der Waals surface area contributed by atoms with Gasteiger partial charge in [-0.2, -0.15) is 18.3 Å². The van der Waals surface area contributed by atoms with Crippen LogP contribution in [0.1, 0.15) is 24.1 Å². The highest BCUT2D eigenvalue weighted by Crippen LogP contribution is 2.37. The number of benzene rings is 1. The standard InChI is InChI=1S/C12H12F3N3/c1-7(16)9-6-17-18-11(9)8-4-2-3-5-10(8)12(13,14)15/h2-7H,16H2,1H3,(H,17,18). The molecule has 18 heavy (non-hydrogen) atoms. The maximum atomic E-state index is 12.9. The molecule has 0 saturated carbocycles. The van der Waals surface area contributed by atoms with Gasteiger partial charge in [0.2, 0.25) is 0 Å². The van der Waals surface area contributed by atoms with Crippen molar-refractivity contribution in [2.75, 3.05) is 0 Å². The molecule has 0 amide bonds. The summed E-state index contributed by atoms with van der Waals surface area (Å²) in [7, 11) is 0. The average molecular weight is 255 g/mol. The Morgan fingerprint density at radius 3 is 2.56 bits per heavy atom. The monoisotopic (exact) mass is 255 g/mol. The Balaban J connectivity index is 2.61. The summed E-state index contributed by atoms with van der Waals surface area (Å²) >= 11 is 0. The second-order valence-corrected chi connectivity index (χ2v) is 4.03. The number of alkyl halides is 3. The van der Waals surface area contributed by atoms with Gasteiger partial charge in [0, 0.05) is 17.2 Å². The van der Waals surface area contributed by atoms with Gasteiger partial charge in [-0.15, -0.1) is 0 Å². The molecule has 3 nitrogen and oxygen atoms in total. The largest absolute Gasteiger partial charge is 0.417 e. The summed E-state index contributed by atoms with van der Waals surface area (Å²) in [6.45, 7) is 1.70. The minimum absolute atomic E-state index is 0.0646. The predicted molar refractivity (Wildman–Crippen MR) is 61.6 cm³/mol. The number of hydrogen-bond acceptors (Lipinski definition) is 2. The molecule has 2 rings (SSSR count). The molecule has 0 spiro atoms. The van der Waals surface area contributed by atoms with Crippen LogP contribution in [0.5, 0.6) is 0 Å². The fourth-order valence-corrected chi connectivity index (χ4v) is 1.80. The minimum atomic E-state index is -4.41. The molecule has 6 heteroatoms. The van der Waals surface area contributed by atoms with Gasteiger partial charge in [-0.25, -0.2) is 0 Å². The summed E-state index contributed by atoms with van der Waals surface area (Å²) in [5.74, 6) is 0. The molecule has 1 unspecified atom stereocenters. The van der Waals surface area contributed by atoms with Crippen molar-refractivity contribution in [2.45, 2.75) is 19.1 Å². The maximum Gasteiger partial charge on any atom is 0.417 e. The molecule has 0 fully saturated rings. The number of hydrogen-bond donors (Lipinski definition) is 2. The topological polar surface area (TPSA) is 54.7 Å². The first-order valence-corrected chi connectivity index (χ1v) is 5.36. The van der Waals surface area contributed by atoms with Crippen LogP contribution in [0.4, 0.5) is 13.2 Å². The van der Waals surface area contributed by atoms with Crippen LogP contribution in [0, 0.1) is 0 Å². The molecular formula is C12H12F3N3. The molecule has 0 aliphatic rings. The summed E-state index contributed by atoms with van der Waals surface area (Å²) in [6, 6.07) is 4.97. The molecule has 1 atom stereocenters. The lowest BCUT2D eigenvalue weighted by Crippen LogP contribution is -2.09. The zero-order valence-corrected chi connectivity index (χ0v) is 9.62. The summed E-state index contributed by atoms with van der Waals surface area (Å²) in [5, 5.41) is 6.36. The number of nitrogens with one attached hydrogen (secondary N) is 1. The van der Waals surface area contributed by atoms with E-state index >= 15 is 0 Å². The first-order valence-electron chi connectivity index (χ1n) is 5.36. The molecule has 0 saturated heterocycles. The molecule has 0 aliphatic carbocycles. The van der Waals surface area contributed by atoms with Crippen LogP contribution in [-0.4, -0.2) is 10.2 Å². The van der Waals surface area contributed by atoms with E-state index in [2.05, 4.69) is 10.2 Å². The van der Waals surface area contributed by atoms with Crippen molar-refractivity contribution >= 4 is 0 Å². The van der Waals surface area contributed by atoms with Crippen LogP contribution >= 0.6 is 0 Å². The first kappa shape index (κ1) is 12.6. The highest BCUT2D eigenvalue weighted by atomic mass is 19.4. The van der Waals surface area contributed by atoms with E-state index in [-0.39, 0.29) is 11.6 Å². The summed E-state index contributed by atoms with van der Waals surface area (Å²) in [5.41, 5.74) is 5.96. The predicted octanol–water partition coefficient (Wildman–Crippen LogP) is 3.12. The molecule has 0 bridgehead atoms. The minimum Gasteiger partial charge on any atom is -0.324 e. The molecule has 1 aromatic heterocycles. The van der Waals surface area contributed by atoms with Gasteiger partial charge >= 0.3 is 6.18 Å². The van der Waals surface area contributed by atoms with Gasteiger partial charge in [-0.1, -0.05) is 18.2 Å². The van der Waals surface area contributed by atoms with Crippen LogP contribution < -0.4 is 5.73 Å². The lowest BCUT2D eigenvalue weighted by Gasteiger charge is -2.13. The molecule has 0 radical (unpaired) electrons. The van der Waals surface area contributed by atoms with E-state index in [0.29, 0.717) is 11.3 Å². The molecule has 96 valence electrons. The van der Waals surface area contributed by atoms with E-state index in [0.717, 1.165) is 6.07 Å². The van der Waals surface area contributed by atoms with Crippen molar-refractivity contribution in [3.8, 4) is 11.3 Å². The average Bonchev–Trinajstić information content (AvgIpc) is 2.76. The fraction of sp³-hybridized carbons (Fsp3) is 0.250. The zero-order chi connectivity index (χ0) is 13.3. The summed E-state index contributed by atoms with van der Waals surface area (Å²) in [4.78, 5) is 0. The Hall–Kier alpha value is -1.82. The van der Waals surface area contributed by atoms with E-state index in [1.54, 1.807) is 13.0 Å². The van der Waals surface area contributed by atoms with Gasteiger partial charge in [0.25, 0.3) is 0 Å². The number of rotatable bonds is 2. The number of nitrogens with two attached hydrogens (primary N) is 1. The third-order valence-electron chi connectivity index (χ3n) is 2.66. The van der Waals surface area contributed by atoms with E-state index < -0.39 is 11.7 Å². The van der Waals surface area contributed by atoms with Crippen LogP contribution in [-0.2, 0) is 6.18 Å². The molecule has 2 aromatic rings. The van der Waals surface area contributed by atoms with E-state index in [1.807, 2.05) is 0 Å². The van der Waals surface area contributed by atoms with Crippen molar-refractivity contribution in [3.05, 3.63) is 41.6 Å². The highest BCUT2D eigenvalue weighted by molar-refractivity contribution is 5.67. The second-order valence-electron chi connectivity index (χ2n) is 4.03. The Bertz CT molecular complexity index is 543. The van der Waals surface area contributed by atoms with Gasteiger partial charge in [0.15, 0.2) is 0 Å². The Labute approximate surface area is 102 Å². The maximum absolute atomic E-state index is 12.9. The highest BCUT2D eigenvalue weighted by Gasteiger charge is 2.34. The molecule has 1 aromatic carbocycles. The van der Waals surface area contributed by atoms with Crippen molar-refractivity contribution in [2.24, 2.45) is 5.73 Å². The van der Waals surface area contributed by atoms with E-state index in [1.165, 1.54) is 18.3 Å². The number of H-pyrrole nitrogens is 1. The molecule has 3 N–H and O–H groups in total. The van der Waals surface area contributed by atoms with Gasteiger partial charge in [0.1, 0.15) is 0 Å². The van der Waals surface area contributed by atoms with Crippen molar-refractivity contribution in [3.63, 3.8) is 0 Å². The summed E-state index contributed by atoms with van der Waals surface area (Å²) in [6.07, 6.45) is -2.95. The number of aromatic nitrogens is 2. The van der Waals surface area contributed by atoms with E-state index in [4.69, 9.17) is 5.73 Å². The van der Waals surface area contributed by atoms with Gasteiger partial charge in [-0.3, -0.25) is 5.10 Å². The van der Waals surface area contributed by atoms with E-state index in [9.17, 15) is 13.2 Å². The Kier molecular flexibility index (Phi) is 3.13. The third-order valence-corrected chi connectivity index (χ3v) is 2.66. The van der Waals surface area contributed by atoms with Gasteiger partial charge in [-0.05, 0) is 13.0 Å². The number of halogens is 3. The quantitative estimate of drug-likeness (QED) is 0.866. The Morgan fingerprint density at radius 1 is 1.28 bits per heavy atom. The molecule has 1 heterocycles. The molecular weight excluding hydrogens is 243 g/mol. The smallest absolute Gasteiger partial charge is 0.324 e. The normalized spacial score (nSPS) is 13.6. The van der Waals surface area contributed by atoms with Crippen molar-refractivity contribution in [1.29, 1.82) is 0 Å². The number of aromatic amines is 1. The van der Waals surface area contributed by atoms with Crippen LogP contribution in [0.3, 0.4) is 0 Å². The lowest BCUT2D eigenvalue weighted by molar-refractivity contribution is -0.137. The van der Waals surface area contributed by atoms with Crippen LogP contribution in [0.2, 0.25) is 0 Å². The third kappa shape index (κ3) is 2.24. The number of nitrogens with zero attached hydrogens (tertiary/aromatic N) is 1. The fourth-order valence-electron chi connectivity index (χ4n) is 1.80.